The van der Waals surface area contributed by atoms with Crippen molar-refractivity contribution in [2.45, 2.75) is 26.2 Å². The molecule has 6 heteroatoms. The number of halogens is 2. The van der Waals surface area contributed by atoms with Gasteiger partial charge in [-0.2, -0.15) is 0 Å². The van der Waals surface area contributed by atoms with Crippen LogP contribution in [0, 0.1) is 0 Å². The summed E-state index contributed by atoms with van der Waals surface area (Å²) in [6.07, 6.45) is 1.09. The lowest BCUT2D eigenvalue weighted by atomic mass is 9.99. The molecule has 1 aromatic heterocycles. The van der Waals surface area contributed by atoms with E-state index in [-0.39, 0.29) is 5.91 Å². The first-order valence-corrected chi connectivity index (χ1v) is 9.22. The molecule has 0 aliphatic rings. The van der Waals surface area contributed by atoms with E-state index in [0.717, 1.165) is 16.6 Å². The van der Waals surface area contributed by atoms with Gasteiger partial charge in [0.1, 0.15) is 0 Å². The molecule has 0 radical (unpaired) electrons. The lowest BCUT2D eigenvalue weighted by Gasteiger charge is -2.07. The topological polar surface area (TPSA) is 42.0 Å². The molecule has 1 N–H and O–H groups in total. The average Bonchev–Trinajstić information content (AvgIpc) is 2.95. The number of fused-ring (bicyclic) bond motifs is 1. The smallest absolute Gasteiger partial charge is 0.258 e. The predicted molar refractivity (Wildman–Crippen MR) is 103 cm³/mol. The van der Waals surface area contributed by atoms with Crippen molar-refractivity contribution in [3.63, 3.8) is 0 Å². The molecule has 0 aliphatic carbocycles. The number of nitrogens with one attached hydrogen (secondary N) is 1. The summed E-state index contributed by atoms with van der Waals surface area (Å²) in [4.78, 5) is 16.8. The molecule has 0 aliphatic heterocycles. The largest absolute Gasteiger partial charge is 0.298 e. The summed E-state index contributed by atoms with van der Waals surface area (Å²) in [6, 6.07) is 11.0. The van der Waals surface area contributed by atoms with Gasteiger partial charge in [0.25, 0.3) is 5.91 Å². The van der Waals surface area contributed by atoms with Crippen LogP contribution in [0.25, 0.3) is 10.2 Å². The van der Waals surface area contributed by atoms with Crippen LogP contribution in [0.2, 0.25) is 10.0 Å². The van der Waals surface area contributed by atoms with Crippen LogP contribution in [0.1, 0.15) is 42.1 Å². The lowest BCUT2D eigenvalue weighted by molar-refractivity contribution is 0.102. The number of amides is 1. The van der Waals surface area contributed by atoms with Gasteiger partial charge in [-0.25, -0.2) is 4.98 Å². The Hall–Kier alpha value is -1.62. The Morgan fingerprint density at radius 1 is 1.25 bits per heavy atom. The van der Waals surface area contributed by atoms with Gasteiger partial charge in [-0.1, -0.05) is 54.5 Å². The van der Waals surface area contributed by atoms with E-state index in [4.69, 9.17) is 23.2 Å². The van der Waals surface area contributed by atoms with Crippen LogP contribution in [0.15, 0.2) is 36.4 Å². The number of aromatic nitrogens is 1. The number of anilines is 1. The maximum atomic E-state index is 12.4. The number of hydrogen-bond acceptors (Lipinski definition) is 3. The van der Waals surface area contributed by atoms with Crippen molar-refractivity contribution >= 4 is 55.8 Å². The van der Waals surface area contributed by atoms with Crippen molar-refractivity contribution in [3.05, 3.63) is 57.6 Å². The van der Waals surface area contributed by atoms with Gasteiger partial charge in [-0.15, -0.1) is 0 Å². The van der Waals surface area contributed by atoms with Crippen molar-refractivity contribution in [3.8, 4) is 0 Å². The third-order valence-electron chi connectivity index (χ3n) is 3.99. The highest BCUT2D eigenvalue weighted by Crippen LogP contribution is 2.30. The summed E-state index contributed by atoms with van der Waals surface area (Å²) in [7, 11) is 0. The number of nitrogens with zero attached hydrogens (tertiary/aromatic N) is 1. The van der Waals surface area contributed by atoms with Crippen LogP contribution >= 0.6 is 34.5 Å². The van der Waals surface area contributed by atoms with Crippen molar-refractivity contribution in [2.24, 2.45) is 0 Å². The summed E-state index contributed by atoms with van der Waals surface area (Å²) < 4.78 is 1.06. The Bertz CT molecular complexity index is 907. The molecule has 3 rings (SSSR count). The Morgan fingerprint density at radius 2 is 2.04 bits per heavy atom. The molecule has 3 aromatic rings. The molecule has 1 amide bonds. The average molecular weight is 379 g/mol. The first-order chi connectivity index (χ1) is 11.5. The lowest BCUT2D eigenvalue weighted by Crippen LogP contribution is -2.12. The van der Waals surface area contributed by atoms with Crippen molar-refractivity contribution in [2.75, 3.05) is 5.32 Å². The van der Waals surface area contributed by atoms with E-state index in [0.29, 0.717) is 26.7 Å². The number of rotatable bonds is 4. The number of carbonyl (C=O) groups is 1. The SMILES string of the molecule is CCC(C)c1ccc2nc(NC(=O)c3ccc(Cl)cc3Cl)sc2c1. The van der Waals surface area contributed by atoms with E-state index < -0.39 is 0 Å². The van der Waals surface area contributed by atoms with E-state index in [1.807, 2.05) is 6.07 Å². The molecule has 0 saturated heterocycles. The summed E-state index contributed by atoms with van der Waals surface area (Å²) in [5, 5.41) is 4.18. The Labute approximate surface area is 154 Å². The summed E-state index contributed by atoms with van der Waals surface area (Å²) in [5.41, 5.74) is 2.54. The summed E-state index contributed by atoms with van der Waals surface area (Å²) in [5.74, 6) is 0.209. The molecule has 2 aromatic carbocycles. The van der Waals surface area contributed by atoms with Gasteiger partial charge in [-0.05, 0) is 48.2 Å². The molecule has 3 nitrogen and oxygen atoms in total. The van der Waals surface area contributed by atoms with E-state index >= 15 is 0 Å². The monoisotopic (exact) mass is 378 g/mol. The number of carbonyl (C=O) groups excluding carboxylic acids is 1. The van der Waals surface area contributed by atoms with Gasteiger partial charge < -0.3 is 0 Å². The number of benzene rings is 2. The van der Waals surface area contributed by atoms with Gasteiger partial charge in [0.05, 0.1) is 20.8 Å². The fourth-order valence-corrected chi connectivity index (χ4v) is 3.78. The Balaban J connectivity index is 1.86. The van der Waals surface area contributed by atoms with Gasteiger partial charge >= 0.3 is 0 Å². The molecular weight excluding hydrogens is 363 g/mol. The molecule has 1 heterocycles. The highest BCUT2D eigenvalue weighted by Gasteiger charge is 2.14. The number of thiazole rings is 1. The maximum Gasteiger partial charge on any atom is 0.258 e. The zero-order valence-electron chi connectivity index (χ0n) is 13.3. The van der Waals surface area contributed by atoms with Crippen LogP contribution in [0.3, 0.4) is 0 Å². The van der Waals surface area contributed by atoms with Crippen LogP contribution in [-0.4, -0.2) is 10.9 Å². The minimum Gasteiger partial charge on any atom is -0.298 e. The van der Waals surface area contributed by atoms with E-state index in [9.17, 15) is 4.79 Å². The van der Waals surface area contributed by atoms with E-state index in [2.05, 4.69) is 36.3 Å². The van der Waals surface area contributed by atoms with E-state index in [1.54, 1.807) is 18.2 Å². The van der Waals surface area contributed by atoms with Crippen LogP contribution in [0.4, 0.5) is 5.13 Å². The molecule has 1 atom stereocenters. The van der Waals surface area contributed by atoms with Crippen LogP contribution in [0.5, 0.6) is 0 Å². The van der Waals surface area contributed by atoms with Gasteiger partial charge in [0.15, 0.2) is 5.13 Å². The Morgan fingerprint density at radius 3 is 2.75 bits per heavy atom. The minimum atomic E-state index is -0.294. The molecule has 0 fully saturated rings. The quantitative estimate of drug-likeness (QED) is 0.572. The highest BCUT2D eigenvalue weighted by molar-refractivity contribution is 7.22. The molecule has 1 unspecified atom stereocenters. The highest BCUT2D eigenvalue weighted by atomic mass is 35.5. The van der Waals surface area contributed by atoms with Gasteiger partial charge in [0, 0.05) is 5.02 Å². The molecule has 0 bridgehead atoms. The van der Waals surface area contributed by atoms with Crippen molar-refractivity contribution in [1.29, 1.82) is 0 Å². The zero-order valence-corrected chi connectivity index (χ0v) is 15.6. The van der Waals surface area contributed by atoms with Crippen LogP contribution < -0.4 is 5.32 Å². The second-order valence-corrected chi connectivity index (χ2v) is 7.51. The molecular formula is C18H16Cl2N2OS. The first-order valence-electron chi connectivity index (χ1n) is 7.64. The second-order valence-electron chi connectivity index (χ2n) is 5.63. The number of hydrogen-bond donors (Lipinski definition) is 1. The zero-order chi connectivity index (χ0) is 17.3. The fourth-order valence-electron chi connectivity index (χ4n) is 2.37. The van der Waals surface area contributed by atoms with Gasteiger partial charge in [0.2, 0.25) is 0 Å². The van der Waals surface area contributed by atoms with E-state index in [1.165, 1.54) is 16.9 Å². The molecule has 124 valence electrons. The van der Waals surface area contributed by atoms with Gasteiger partial charge in [-0.3, -0.25) is 10.1 Å². The summed E-state index contributed by atoms with van der Waals surface area (Å²) in [6.45, 7) is 4.37. The second kappa shape index (κ2) is 7.09. The predicted octanol–water partition coefficient (Wildman–Crippen LogP) is 6.37. The molecule has 0 spiro atoms. The van der Waals surface area contributed by atoms with Crippen molar-refractivity contribution < 1.29 is 4.79 Å². The minimum absolute atomic E-state index is 0.294. The van der Waals surface area contributed by atoms with Crippen molar-refractivity contribution in [1.82, 2.24) is 4.98 Å². The maximum absolute atomic E-state index is 12.4. The molecule has 24 heavy (non-hydrogen) atoms. The third-order valence-corrected chi connectivity index (χ3v) is 5.47. The van der Waals surface area contributed by atoms with Crippen LogP contribution in [-0.2, 0) is 0 Å². The molecule has 0 saturated carbocycles. The normalized spacial score (nSPS) is 12.3. The third kappa shape index (κ3) is 3.56. The first kappa shape index (κ1) is 17.2. The fraction of sp³-hybridized carbons (Fsp3) is 0.222. The summed E-state index contributed by atoms with van der Waals surface area (Å²) >= 11 is 13.4. The standard InChI is InChI=1S/C18H16Cl2N2OS/c1-3-10(2)11-4-7-15-16(8-11)24-18(21-15)22-17(23)13-6-5-12(19)9-14(13)20/h4-10H,3H2,1-2H3,(H,21,22,23). The Kier molecular flexibility index (Phi) is 5.09.